The molecule has 0 bridgehead atoms. The average Bonchev–Trinajstić information content (AvgIpc) is 2.77. The van der Waals surface area contributed by atoms with Gasteiger partial charge >= 0.3 is 0 Å². The van der Waals surface area contributed by atoms with Gasteiger partial charge in [0, 0.05) is 16.3 Å². The molecule has 0 amide bonds. The molecule has 0 aliphatic rings. The van der Waals surface area contributed by atoms with Crippen molar-refractivity contribution in [2.45, 2.75) is 32.7 Å². The fourth-order valence-corrected chi connectivity index (χ4v) is 2.98. The monoisotopic (exact) mass is 263 g/mol. The highest BCUT2D eigenvalue weighted by molar-refractivity contribution is 7.15. The van der Waals surface area contributed by atoms with E-state index in [1.54, 1.807) is 11.3 Å². The first-order valence-corrected chi connectivity index (χ1v) is 6.82. The fraction of sp³-hybridized carbons (Fsp3) is 0.333. The van der Waals surface area contributed by atoms with Crippen LogP contribution in [0.5, 0.6) is 0 Å². The average molecular weight is 263 g/mol. The molecule has 1 aromatic carbocycles. The van der Waals surface area contributed by atoms with Gasteiger partial charge in [-0.1, -0.05) is 26.8 Å². The van der Waals surface area contributed by atoms with Crippen molar-refractivity contribution < 1.29 is 4.39 Å². The SMILES string of the molecule is CC(C)(C)c1ccc(-c2ccc(F)cc2CN)s1. The lowest BCUT2D eigenvalue weighted by Crippen LogP contribution is -2.07. The second kappa shape index (κ2) is 4.82. The number of rotatable bonds is 2. The molecule has 0 radical (unpaired) electrons. The summed E-state index contributed by atoms with van der Waals surface area (Å²) in [7, 11) is 0. The zero-order chi connectivity index (χ0) is 13.3. The zero-order valence-corrected chi connectivity index (χ0v) is 11.8. The van der Waals surface area contributed by atoms with Gasteiger partial charge in [-0.3, -0.25) is 0 Å². The van der Waals surface area contributed by atoms with Crippen molar-refractivity contribution in [1.82, 2.24) is 0 Å². The van der Waals surface area contributed by atoms with E-state index in [9.17, 15) is 4.39 Å². The first-order chi connectivity index (χ1) is 8.41. The summed E-state index contributed by atoms with van der Waals surface area (Å²) < 4.78 is 13.2. The highest BCUT2D eigenvalue weighted by atomic mass is 32.1. The summed E-state index contributed by atoms with van der Waals surface area (Å²) in [4.78, 5) is 2.48. The topological polar surface area (TPSA) is 26.0 Å². The van der Waals surface area contributed by atoms with Gasteiger partial charge in [0.25, 0.3) is 0 Å². The molecule has 0 aliphatic heterocycles. The summed E-state index contributed by atoms with van der Waals surface area (Å²) in [6.07, 6.45) is 0. The molecule has 0 unspecified atom stereocenters. The third-order valence-electron chi connectivity index (χ3n) is 2.90. The van der Waals surface area contributed by atoms with Gasteiger partial charge in [0.15, 0.2) is 0 Å². The van der Waals surface area contributed by atoms with E-state index >= 15 is 0 Å². The van der Waals surface area contributed by atoms with Crippen LogP contribution in [-0.2, 0) is 12.0 Å². The minimum absolute atomic E-state index is 0.145. The maximum atomic E-state index is 13.2. The van der Waals surface area contributed by atoms with Crippen LogP contribution >= 0.6 is 11.3 Å². The molecule has 0 fully saturated rings. The Morgan fingerprint density at radius 3 is 2.44 bits per heavy atom. The predicted molar refractivity (Wildman–Crippen MR) is 76.3 cm³/mol. The van der Waals surface area contributed by atoms with Crippen LogP contribution in [0.25, 0.3) is 10.4 Å². The van der Waals surface area contributed by atoms with Crippen LogP contribution in [0, 0.1) is 5.82 Å². The molecule has 3 heteroatoms. The smallest absolute Gasteiger partial charge is 0.123 e. The molecule has 2 aromatic rings. The zero-order valence-electron chi connectivity index (χ0n) is 11.0. The molecular weight excluding hydrogens is 245 g/mol. The fourth-order valence-electron chi connectivity index (χ4n) is 1.86. The quantitative estimate of drug-likeness (QED) is 0.858. The number of hydrogen-bond donors (Lipinski definition) is 1. The van der Waals surface area contributed by atoms with Crippen LogP contribution in [0.4, 0.5) is 4.39 Å². The highest BCUT2D eigenvalue weighted by Gasteiger charge is 2.17. The summed E-state index contributed by atoms with van der Waals surface area (Å²) in [6.45, 7) is 6.93. The van der Waals surface area contributed by atoms with Gasteiger partial charge in [0.05, 0.1) is 0 Å². The van der Waals surface area contributed by atoms with Gasteiger partial charge in [-0.25, -0.2) is 4.39 Å². The van der Waals surface area contributed by atoms with Crippen LogP contribution < -0.4 is 5.73 Å². The molecule has 0 aliphatic carbocycles. The van der Waals surface area contributed by atoms with Crippen molar-refractivity contribution in [3.05, 3.63) is 46.6 Å². The third kappa shape index (κ3) is 2.62. The maximum Gasteiger partial charge on any atom is 0.123 e. The Morgan fingerprint density at radius 1 is 1.17 bits per heavy atom. The lowest BCUT2D eigenvalue weighted by atomic mass is 9.95. The van der Waals surface area contributed by atoms with E-state index in [1.807, 2.05) is 6.07 Å². The van der Waals surface area contributed by atoms with Gasteiger partial charge in [0.1, 0.15) is 5.82 Å². The largest absolute Gasteiger partial charge is 0.326 e. The van der Waals surface area contributed by atoms with E-state index < -0.39 is 0 Å². The van der Waals surface area contributed by atoms with E-state index in [1.165, 1.54) is 17.0 Å². The van der Waals surface area contributed by atoms with E-state index in [0.717, 1.165) is 16.0 Å². The molecular formula is C15H18FNS. The molecule has 1 aromatic heterocycles. The molecule has 96 valence electrons. The van der Waals surface area contributed by atoms with Crippen LogP contribution in [0.1, 0.15) is 31.2 Å². The van der Waals surface area contributed by atoms with E-state index in [4.69, 9.17) is 5.73 Å². The standard InChI is InChI=1S/C15H18FNS/c1-15(2,3)14-7-6-13(18-14)12-5-4-11(16)8-10(12)9-17/h4-8H,9,17H2,1-3H3. The van der Waals surface area contributed by atoms with E-state index in [0.29, 0.717) is 6.54 Å². The summed E-state index contributed by atoms with van der Waals surface area (Å²) in [6, 6.07) is 9.06. The first-order valence-electron chi connectivity index (χ1n) is 6.01. The molecule has 2 rings (SSSR count). The predicted octanol–water partition coefficient (Wildman–Crippen LogP) is 4.31. The minimum atomic E-state index is -0.230. The Bertz CT molecular complexity index is 552. The Balaban J connectivity index is 2.46. The maximum absolute atomic E-state index is 13.2. The van der Waals surface area contributed by atoms with Gasteiger partial charge in [-0.2, -0.15) is 0 Å². The molecule has 1 nitrogen and oxygen atoms in total. The second-order valence-corrected chi connectivity index (χ2v) is 6.50. The summed E-state index contributed by atoms with van der Waals surface area (Å²) in [5.74, 6) is -0.230. The molecule has 0 atom stereocenters. The number of halogens is 1. The lowest BCUT2D eigenvalue weighted by Gasteiger charge is -2.15. The molecule has 0 spiro atoms. The number of hydrogen-bond acceptors (Lipinski definition) is 2. The Morgan fingerprint density at radius 2 is 1.89 bits per heavy atom. The van der Waals surface area contributed by atoms with E-state index in [2.05, 4.69) is 32.9 Å². The van der Waals surface area contributed by atoms with Gasteiger partial charge in [-0.05, 0) is 40.8 Å². The van der Waals surface area contributed by atoms with Gasteiger partial charge in [0.2, 0.25) is 0 Å². The van der Waals surface area contributed by atoms with Crippen molar-refractivity contribution in [3.8, 4) is 10.4 Å². The summed E-state index contributed by atoms with van der Waals surface area (Å²) >= 11 is 1.75. The Labute approximate surface area is 111 Å². The molecule has 0 saturated carbocycles. The third-order valence-corrected chi connectivity index (χ3v) is 4.44. The molecule has 18 heavy (non-hydrogen) atoms. The minimum Gasteiger partial charge on any atom is -0.326 e. The van der Waals surface area contributed by atoms with Crippen LogP contribution in [-0.4, -0.2) is 0 Å². The van der Waals surface area contributed by atoms with Crippen molar-refractivity contribution in [2.75, 3.05) is 0 Å². The van der Waals surface area contributed by atoms with Crippen molar-refractivity contribution >= 4 is 11.3 Å². The second-order valence-electron chi connectivity index (χ2n) is 5.42. The number of thiophene rings is 1. The highest BCUT2D eigenvalue weighted by Crippen LogP contribution is 2.36. The molecule has 0 saturated heterocycles. The van der Waals surface area contributed by atoms with Gasteiger partial charge in [-0.15, -0.1) is 11.3 Å². The molecule has 2 N–H and O–H groups in total. The lowest BCUT2D eigenvalue weighted by molar-refractivity contribution is 0.604. The van der Waals surface area contributed by atoms with Crippen molar-refractivity contribution in [2.24, 2.45) is 5.73 Å². The summed E-state index contributed by atoms with van der Waals surface area (Å²) in [5, 5.41) is 0. The van der Waals surface area contributed by atoms with Crippen LogP contribution in [0.3, 0.4) is 0 Å². The summed E-state index contributed by atoms with van der Waals surface area (Å²) in [5.41, 5.74) is 7.73. The van der Waals surface area contributed by atoms with E-state index in [-0.39, 0.29) is 11.2 Å². The first kappa shape index (κ1) is 13.2. The van der Waals surface area contributed by atoms with Crippen molar-refractivity contribution in [3.63, 3.8) is 0 Å². The Kier molecular flexibility index (Phi) is 3.55. The normalized spacial score (nSPS) is 11.8. The number of benzene rings is 1. The van der Waals surface area contributed by atoms with Crippen LogP contribution in [0.2, 0.25) is 0 Å². The number of nitrogens with two attached hydrogens (primary N) is 1. The van der Waals surface area contributed by atoms with Crippen molar-refractivity contribution in [1.29, 1.82) is 0 Å². The Hall–Kier alpha value is -1.19. The van der Waals surface area contributed by atoms with Crippen LogP contribution in [0.15, 0.2) is 30.3 Å². The van der Waals surface area contributed by atoms with Gasteiger partial charge < -0.3 is 5.73 Å². The molecule has 1 heterocycles.